The summed E-state index contributed by atoms with van der Waals surface area (Å²) in [7, 11) is 0. The van der Waals surface area contributed by atoms with Crippen LogP contribution in [0.5, 0.6) is 0 Å². The van der Waals surface area contributed by atoms with Gasteiger partial charge in [-0.3, -0.25) is 14.4 Å². The van der Waals surface area contributed by atoms with Crippen molar-refractivity contribution < 1.29 is 44.0 Å². The second kappa shape index (κ2) is 7.18. The van der Waals surface area contributed by atoms with Gasteiger partial charge in [0.25, 0.3) is 0 Å². The Morgan fingerprint density at radius 1 is 1.00 bits per heavy atom. The lowest BCUT2D eigenvalue weighted by Crippen LogP contribution is -2.60. The first-order valence-electron chi connectivity index (χ1n) is 9.22. The van der Waals surface area contributed by atoms with E-state index >= 15 is 0 Å². The quantitative estimate of drug-likeness (QED) is 0.254. The van der Waals surface area contributed by atoms with E-state index in [-0.39, 0.29) is 37.7 Å². The van der Waals surface area contributed by atoms with Crippen molar-refractivity contribution in [2.75, 3.05) is 13.1 Å². The lowest BCUT2D eigenvalue weighted by Gasteiger charge is -2.31. The van der Waals surface area contributed by atoms with Crippen LogP contribution in [-0.4, -0.2) is 111 Å². The number of nitrogens with one attached hydrogen (secondary N) is 1. The van der Waals surface area contributed by atoms with Gasteiger partial charge in [0, 0.05) is 0 Å². The molecule has 4 aliphatic rings. The highest BCUT2D eigenvalue weighted by atomic mass is 16.5. The van der Waals surface area contributed by atoms with Crippen molar-refractivity contribution in [1.82, 2.24) is 15.1 Å². The number of fused-ring (bicyclic) bond motifs is 2. The fourth-order valence-electron chi connectivity index (χ4n) is 3.93. The number of carboxylic acids is 1. The van der Waals surface area contributed by atoms with E-state index in [1.54, 1.807) is 0 Å². The van der Waals surface area contributed by atoms with E-state index in [4.69, 9.17) is 15.2 Å². The second-order valence-corrected chi connectivity index (χ2v) is 7.59. The summed E-state index contributed by atoms with van der Waals surface area (Å²) in [6.07, 6.45) is -5.58. The first-order valence-corrected chi connectivity index (χ1v) is 9.22. The maximum Gasteiger partial charge on any atom is 0.329 e. The molecule has 4 heterocycles. The number of amides is 3. The fraction of sp³-hybridized carbons (Fsp3) is 0.750. The highest BCUT2D eigenvalue weighted by molar-refractivity contribution is 5.88. The molecule has 0 aromatic carbocycles. The molecule has 6 N–H and O–H groups in total. The van der Waals surface area contributed by atoms with Gasteiger partial charge in [0.2, 0.25) is 17.7 Å². The van der Waals surface area contributed by atoms with Gasteiger partial charge in [0.1, 0.15) is 42.9 Å². The molecule has 4 fully saturated rings. The minimum atomic E-state index is -1.76. The summed E-state index contributed by atoms with van der Waals surface area (Å²) in [5.41, 5.74) is 5.76. The van der Waals surface area contributed by atoms with Gasteiger partial charge in [0.15, 0.2) is 6.04 Å². The summed E-state index contributed by atoms with van der Waals surface area (Å²) in [6.45, 7) is 0.0952. The number of aliphatic hydroxyl groups is 2. The zero-order valence-electron chi connectivity index (χ0n) is 15.2. The molecule has 0 aromatic rings. The Morgan fingerprint density at radius 3 is 1.90 bits per heavy atom. The lowest BCUT2D eigenvalue weighted by atomic mass is 10.0. The average Bonchev–Trinajstić information content (AvgIpc) is 3.20. The minimum Gasteiger partial charge on any atom is -0.480 e. The highest BCUT2D eigenvalue weighted by Gasteiger charge is 2.51. The molecule has 0 aromatic heterocycles. The summed E-state index contributed by atoms with van der Waals surface area (Å²) in [5, 5.41) is 32.2. The summed E-state index contributed by atoms with van der Waals surface area (Å²) in [6, 6.07) is -3.31. The summed E-state index contributed by atoms with van der Waals surface area (Å²) >= 11 is 0. The van der Waals surface area contributed by atoms with Gasteiger partial charge in [-0.05, 0) is 0 Å². The highest BCUT2D eigenvalue weighted by Crippen LogP contribution is 2.31. The van der Waals surface area contributed by atoms with Gasteiger partial charge in [-0.1, -0.05) is 0 Å². The van der Waals surface area contributed by atoms with E-state index in [0.29, 0.717) is 0 Å². The Morgan fingerprint density at radius 2 is 1.48 bits per heavy atom. The molecular formula is C16H22N4O9. The molecule has 0 aliphatic carbocycles. The van der Waals surface area contributed by atoms with E-state index in [2.05, 4.69) is 5.32 Å². The number of ether oxygens (including phenoxy) is 2. The summed E-state index contributed by atoms with van der Waals surface area (Å²) in [5.74, 6) is -2.82. The molecule has 0 bridgehead atoms. The number of hydrogen-bond acceptors (Lipinski definition) is 9. The van der Waals surface area contributed by atoms with Crippen LogP contribution in [0.1, 0.15) is 12.8 Å². The molecule has 29 heavy (non-hydrogen) atoms. The third-order valence-electron chi connectivity index (χ3n) is 5.79. The first-order chi connectivity index (χ1) is 13.7. The number of aliphatic hydroxyl groups excluding tert-OH is 2. The maximum atomic E-state index is 12.4. The van der Waals surface area contributed by atoms with Crippen LogP contribution in [0.2, 0.25) is 0 Å². The van der Waals surface area contributed by atoms with Crippen LogP contribution in [0.3, 0.4) is 0 Å². The molecule has 13 nitrogen and oxygen atoms in total. The number of rotatable bonds is 7. The third-order valence-corrected chi connectivity index (χ3v) is 5.79. The van der Waals surface area contributed by atoms with Gasteiger partial charge in [-0.25, -0.2) is 4.79 Å². The van der Waals surface area contributed by atoms with E-state index in [0.717, 1.165) is 0 Å². The van der Waals surface area contributed by atoms with E-state index in [9.17, 15) is 34.5 Å². The van der Waals surface area contributed by atoms with Crippen LogP contribution in [-0.2, 0) is 28.7 Å². The zero-order chi connectivity index (χ0) is 21.0. The molecule has 0 radical (unpaired) electrons. The monoisotopic (exact) mass is 414 g/mol. The number of carbonyl (C=O) groups is 4. The number of nitrogens with two attached hydrogens (primary N) is 1. The number of hydrogen-bond donors (Lipinski definition) is 5. The number of carbonyl (C=O) groups excluding carboxylic acids is 3. The third kappa shape index (κ3) is 3.34. The topological polar surface area (TPSA) is 192 Å². The predicted octanol–water partition coefficient (Wildman–Crippen LogP) is -4.48. The fourth-order valence-corrected chi connectivity index (χ4v) is 3.93. The Hall–Kier alpha value is -2.32. The van der Waals surface area contributed by atoms with Gasteiger partial charge in [-0.2, -0.15) is 0 Å². The Kier molecular flexibility index (Phi) is 4.94. The van der Waals surface area contributed by atoms with Crippen LogP contribution in [0.25, 0.3) is 0 Å². The Balaban J connectivity index is 1.35. The zero-order valence-corrected chi connectivity index (χ0v) is 15.2. The lowest BCUT2D eigenvalue weighted by molar-refractivity contribution is -0.161. The van der Waals surface area contributed by atoms with Crippen molar-refractivity contribution in [1.29, 1.82) is 0 Å². The Bertz CT molecular complexity index is 748. The van der Waals surface area contributed by atoms with Crippen LogP contribution in [0, 0.1) is 0 Å². The SMILES string of the molecule is NC(C(=O)NC(C(=O)O)C(O)[C@H]1CN2C(=O)C[C@@H]2O1)C(O)[C@H]1CN2C(=O)C[C@@H]2O1. The van der Waals surface area contributed by atoms with Gasteiger partial charge >= 0.3 is 5.97 Å². The van der Waals surface area contributed by atoms with Crippen molar-refractivity contribution in [3.8, 4) is 0 Å². The molecule has 4 rings (SSSR count). The Labute approximate surface area is 164 Å². The molecule has 4 aliphatic heterocycles. The molecule has 0 spiro atoms. The van der Waals surface area contributed by atoms with Crippen molar-refractivity contribution in [3.05, 3.63) is 0 Å². The van der Waals surface area contributed by atoms with E-state index in [1.807, 2.05) is 0 Å². The van der Waals surface area contributed by atoms with Crippen molar-refractivity contribution >= 4 is 23.7 Å². The van der Waals surface area contributed by atoms with Crippen LogP contribution in [0.4, 0.5) is 0 Å². The van der Waals surface area contributed by atoms with Crippen LogP contribution >= 0.6 is 0 Å². The minimum absolute atomic E-state index is 0.0140. The molecule has 13 heteroatoms. The normalized spacial score (nSPS) is 34.4. The van der Waals surface area contributed by atoms with Crippen molar-refractivity contribution in [2.45, 2.75) is 61.8 Å². The maximum absolute atomic E-state index is 12.4. The van der Waals surface area contributed by atoms with Gasteiger partial charge in [0.05, 0.1) is 25.9 Å². The standard InChI is InChI=1S/C16H22N4O9/c17-11(13(23)5-3-19-7(21)1-9(19)28-5)15(25)18-12(16(26)27)14(24)6-4-20-8(22)2-10(20)29-6/h5-6,9-14,23-24H,1-4,17H2,(H,18,25)(H,26,27)/t5-,6-,9+,10+,11?,12?,13?,14?/m1/s1. The molecule has 8 atom stereocenters. The summed E-state index contributed by atoms with van der Waals surface area (Å²) in [4.78, 5) is 49.6. The van der Waals surface area contributed by atoms with E-state index in [1.165, 1.54) is 9.80 Å². The first kappa shape index (κ1) is 20.0. The molecular weight excluding hydrogens is 392 g/mol. The molecule has 3 amide bonds. The molecule has 0 saturated carbocycles. The van der Waals surface area contributed by atoms with Crippen LogP contribution < -0.4 is 11.1 Å². The molecule has 160 valence electrons. The average molecular weight is 414 g/mol. The largest absolute Gasteiger partial charge is 0.480 e. The smallest absolute Gasteiger partial charge is 0.329 e. The summed E-state index contributed by atoms with van der Waals surface area (Å²) < 4.78 is 10.9. The number of nitrogens with zero attached hydrogens (tertiary/aromatic N) is 2. The van der Waals surface area contributed by atoms with Crippen molar-refractivity contribution in [3.63, 3.8) is 0 Å². The number of aliphatic carboxylic acids is 1. The number of carboxylic acid groups (broad SMARTS) is 1. The number of β-lactam (4-membered cyclic amide) rings is 2. The predicted molar refractivity (Wildman–Crippen MR) is 89.5 cm³/mol. The van der Waals surface area contributed by atoms with Crippen LogP contribution in [0.15, 0.2) is 0 Å². The van der Waals surface area contributed by atoms with Gasteiger partial charge < -0.3 is 45.6 Å². The molecule has 4 saturated heterocycles. The van der Waals surface area contributed by atoms with E-state index < -0.39 is 60.8 Å². The van der Waals surface area contributed by atoms with Crippen molar-refractivity contribution in [2.24, 2.45) is 5.73 Å². The van der Waals surface area contributed by atoms with Gasteiger partial charge in [-0.15, -0.1) is 0 Å². The molecule has 4 unspecified atom stereocenters. The second-order valence-electron chi connectivity index (χ2n) is 7.59.